The number of urea groups is 1. The number of hydrogen-bond acceptors (Lipinski definition) is 3. The van der Waals surface area contributed by atoms with Gasteiger partial charge in [-0.15, -0.1) is 0 Å². The molecule has 5 nitrogen and oxygen atoms in total. The molecule has 114 valence electrons. The summed E-state index contributed by atoms with van der Waals surface area (Å²) in [5.41, 5.74) is 2.94. The summed E-state index contributed by atoms with van der Waals surface area (Å²) in [5, 5.41) is 5.66. The summed E-state index contributed by atoms with van der Waals surface area (Å²) >= 11 is 0. The van der Waals surface area contributed by atoms with Crippen molar-refractivity contribution in [2.75, 3.05) is 12.1 Å². The van der Waals surface area contributed by atoms with Crippen LogP contribution in [0.15, 0.2) is 42.5 Å². The molecule has 1 aliphatic rings. The molecule has 0 bridgehead atoms. The van der Waals surface area contributed by atoms with E-state index in [9.17, 15) is 4.79 Å². The van der Waals surface area contributed by atoms with Crippen LogP contribution in [-0.2, 0) is 13.0 Å². The van der Waals surface area contributed by atoms with Gasteiger partial charge in [-0.3, -0.25) is 0 Å². The van der Waals surface area contributed by atoms with E-state index in [4.69, 9.17) is 9.47 Å². The number of hydrogen-bond donors (Lipinski definition) is 2. The van der Waals surface area contributed by atoms with Crippen LogP contribution >= 0.6 is 0 Å². The number of ether oxygens (including phenoxy) is 2. The van der Waals surface area contributed by atoms with Crippen molar-refractivity contribution in [1.29, 1.82) is 0 Å². The highest BCUT2D eigenvalue weighted by Gasteiger charge is 2.13. The molecule has 3 rings (SSSR count). The van der Waals surface area contributed by atoms with Gasteiger partial charge in [0.1, 0.15) is 0 Å². The molecule has 1 heterocycles. The van der Waals surface area contributed by atoms with Crippen molar-refractivity contribution in [3.8, 4) is 11.5 Å². The fraction of sp³-hybridized carbons (Fsp3) is 0.235. The molecule has 0 spiro atoms. The predicted molar refractivity (Wildman–Crippen MR) is 84.2 cm³/mol. The molecule has 0 aliphatic carbocycles. The zero-order valence-corrected chi connectivity index (χ0v) is 12.4. The van der Waals surface area contributed by atoms with Gasteiger partial charge in [0.2, 0.25) is 6.79 Å². The zero-order valence-electron chi connectivity index (χ0n) is 12.4. The van der Waals surface area contributed by atoms with E-state index in [0.717, 1.165) is 29.2 Å². The quantitative estimate of drug-likeness (QED) is 0.910. The van der Waals surface area contributed by atoms with Gasteiger partial charge in [-0.05, 0) is 41.8 Å². The number of rotatable bonds is 4. The molecular formula is C17H18N2O3. The second kappa shape index (κ2) is 6.39. The first-order valence-corrected chi connectivity index (χ1v) is 7.27. The average molecular weight is 298 g/mol. The van der Waals surface area contributed by atoms with Gasteiger partial charge in [0.15, 0.2) is 11.5 Å². The number of fused-ring (bicyclic) bond motifs is 1. The minimum atomic E-state index is -0.231. The lowest BCUT2D eigenvalue weighted by atomic mass is 10.1. The van der Waals surface area contributed by atoms with E-state index in [1.165, 1.54) is 5.56 Å². The number of benzene rings is 2. The summed E-state index contributed by atoms with van der Waals surface area (Å²) in [4.78, 5) is 11.9. The maximum atomic E-state index is 11.9. The van der Waals surface area contributed by atoms with Crippen LogP contribution in [0.1, 0.15) is 18.1 Å². The van der Waals surface area contributed by atoms with E-state index in [0.29, 0.717) is 6.54 Å². The molecule has 0 aromatic heterocycles. The highest BCUT2D eigenvalue weighted by Crippen LogP contribution is 2.32. The van der Waals surface area contributed by atoms with Crippen molar-refractivity contribution in [2.24, 2.45) is 0 Å². The maximum Gasteiger partial charge on any atom is 0.319 e. The maximum absolute atomic E-state index is 11.9. The summed E-state index contributed by atoms with van der Waals surface area (Å²) in [5.74, 6) is 1.46. The Labute approximate surface area is 129 Å². The Balaban J connectivity index is 1.56. The van der Waals surface area contributed by atoms with E-state index >= 15 is 0 Å². The van der Waals surface area contributed by atoms with Crippen molar-refractivity contribution in [3.05, 3.63) is 53.6 Å². The molecule has 0 saturated heterocycles. The molecule has 2 N–H and O–H groups in total. The fourth-order valence-electron chi connectivity index (χ4n) is 2.28. The molecule has 22 heavy (non-hydrogen) atoms. The molecule has 0 fully saturated rings. The van der Waals surface area contributed by atoms with E-state index < -0.39 is 0 Å². The number of nitrogens with one attached hydrogen (secondary N) is 2. The Kier molecular flexibility index (Phi) is 4.14. The summed E-state index contributed by atoms with van der Waals surface area (Å²) in [7, 11) is 0. The topological polar surface area (TPSA) is 59.6 Å². The van der Waals surface area contributed by atoms with E-state index in [1.807, 2.05) is 42.5 Å². The van der Waals surface area contributed by atoms with E-state index in [2.05, 4.69) is 17.6 Å². The first-order valence-electron chi connectivity index (χ1n) is 7.27. The molecule has 2 aromatic rings. The first kappa shape index (κ1) is 14.3. The number of anilines is 1. The third-order valence-electron chi connectivity index (χ3n) is 3.48. The van der Waals surface area contributed by atoms with Gasteiger partial charge in [0.05, 0.1) is 0 Å². The Hall–Kier alpha value is -2.69. The number of amides is 2. The molecule has 0 atom stereocenters. The largest absolute Gasteiger partial charge is 0.454 e. The van der Waals surface area contributed by atoms with Crippen LogP contribution in [0, 0.1) is 0 Å². The molecule has 5 heteroatoms. The van der Waals surface area contributed by atoms with Crippen LogP contribution in [-0.4, -0.2) is 12.8 Å². The lowest BCUT2D eigenvalue weighted by molar-refractivity contribution is 0.174. The van der Waals surface area contributed by atoms with Crippen LogP contribution in [0.3, 0.4) is 0 Å². The summed E-state index contributed by atoms with van der Waals surface area (Å²) in [6.45, 7) is 2.76. The van der Waals surface area contributed by atoms with Crippen LogP contribution in [0.4, 0.5) is 10.5 Å². The van der Waals surface area contributed by atoms with Gasteiger partial charge < -0.3 is 20.1 Å². The normalized spacial score (nSPS) is 12.0. The SMILES string of the molecule is CCc1cccc(NC(=O)NCc2ccc3c(c2)OCO3)c1. The van der Waals surface area contributed by atoms with Gasteiger partial charge in [-0.25, -0.2) is 4.79 Å². The number of carbonyl (C=O) groups is 1. The number of carbonyl (C=O) groups excluding carboxylic acids is 1. The first-order chi connectivity index (χ1) is 10.7. The van der Waals surface area contributed by atoms with Crippen LogP contribution in [0.5, 0.6) is 11.5 Å². The second-order valence-corrected chi connectivity index (χ2v) is 5.05. The summed E-state index contributed by atoms with van der Waals surface area (Å²) in [6.07, 6.45) is 0.939. The predicted octanol–water partition coefficient (Wildman–Crippen LogP) is 3.30. The zero-order chi connectivity index (χ0) is 15.4. The smallest absolute Gasteiger partial charge is 0.319 e. The van der Waals surface area contributed by atoms with Gasteiger partial charge in [0, 0.05) is 12.2 Å². The monoisotopic (exact) mass is 298 g/mol. The second-order valence-electron chi connectivity index (χ2n) is 5.05. The van der Waals surface area contributed by atoms with Crippen molar-refractivity contribution >= 4 is 11.7 Å². The number of aryl methyl sites for hydroxylation is 1. The van der Waals surface area contributed by atoms with E-state index in [-0.39, 0.29) is 12.8 Å². The van der Waals surface area contributed by atoms with Crippen molar-refractivity contribution < 1.29 is 14.3 Å². The van der Waals surface area contributed by atoms with Crippen molar-refractivity contribution in [2.45, 2.75) is 19.9 Å². The Bertz CT molecular complexity index is 685. The fourth-order valence-corrected chi connectivity index (χ4v) is 2.28. The van der Waals surface area contributed by atoms with Gasteiger partial charge in [0.25, 0.3) is 0 Å². The van der Waals surface area contributed by atoms with Gasteiger partial charge in [-0.2, -0.15) is 0 Å². The van der Waals surface area contributed by atoms with Crippen molar-refractivity contribution in [3.63, 3.8) is 0 Å². The molecule has 1 aliphatic heterocycles. The molecule has 2 amide bonds. The lowest BCUT2D eigenvalue weighted by Crippen LogP contribution is -2.28. The van der Waals surface area contributed by atoms with Crippen molar-refractivity contribution in [1.82, 2.24) is 5.32 Å². The summed E-state index contributed by atoms with van der Waals surface area (Å²) in [6, 6.07) is 13.2. The van der Waals surface area contributed by atoms with Gasteiger partial charge in [-0.1, -0.05) is 25.1 Å². The molecule has 0 saturated carbocycles. The molecule has 0 unspecified atom stereocenters. The minimum absolute atomic E-state index is 0.231. The van der Waals surface area contributed by atoms with Crippen LogP contribution in [0.25, 0.3) is 0 Å². The third kappa shape index (κ3) is 3.31. The molecule has 2 aromatic carbocycles. The van der Waals surface area contributed by atoms with Crippen LogP contribution < -0.4 is 20.1 Å². The lowest BCUT2D eigenvalue weighted by Gasteiger charge is -2.09. The standard InChI is InChI=1S/C17H18N2O3/c1-2-12-4-3-5-14(8-12)19-17(20)18-10-13-6-7-15-16(9-13)22-11-21-15/h3-9H,2,10-11H2,1H3,(H2,18,19,20). The van der Waals surface area contributed by atoms with Gasteiger partial charge >= 0.3 is 6.03 Å². The Morgan fingerprint density at radius 1 is 1.09 bits per heavy atom. The highest BCUT2D eigenvalue weighted by atomic mass is 16.7. The van der Waals surface area contributed by atoms with E-state index in [1.54, 1.807) is 0 Å². The Morgan fingerprint density at radius 3 is 2.82 bits per heavy atom. The highest BCUT2D eigenvalue weighted by molar-refractivity contribution is 5.89. The molecular weight excluding hydrogens is 280 g/mol. The minimum Gasteiger partial charge on any atom is -0.454 e. The average Bonchev–Trinajstić information content (AvgIpc) is 3.00. The third-order valence-corrected chi connectivity index (χ3v) is 3.48. The molecule has 0 radical (unpaired) electrons. The van der Waals surface area contributed by atoms with Crippen LogP contribution in [0.2, 0.25) is 0 Å². The summed E-state index contributed by atoms with van der Waals surface area (Å²) < 4.78 is 10.6. The Morgan fingerprint density at radius 2 is 1.95 bits per heavy atom.